The molecular formula is C19H28Cl2N2O7. The number of nitrogens with zero attached hydrogens (tertiary/aromatic N) is 1. The maximum atomic E-state index is 10.1. The maximum Gasteiger partial charge on any atom is 0.335 e. The summed E-state index contributed by atoms with van der Waals surface area (Å²) >= 11 is 12.2. The Hall–Kier alpha value is -1.46. The fourth-order valence-corrected chi connectivity index (χ4v) is 3.37. The number of halogens is 2. The van der Waals surface area contributed by atoms with Crippen LogP contribution in [0.15, 0.2) is 18.2 Å². The second kappa shape index (κ2) is 11.8. The van der Waals surface area contributed by atoms with E-state index < -0.39 is 29.7 Å². The second-order valence-electron chi connectivity index (χ2n) is 7.67. The maximum absolute atomic E-state index is 10.1. The number of aliphatic hydroxyl groups is 3. The van der Waals surface area contributed by atoms with E-state index in [-0.39, 0.29) is 0 Å². The summed E-state index contributed by atoms with van der Waals surface area (Å²) in [6.45, 7) is 7.02. The molecule has 0 aromatic heterocycles. The molecule has 9 nitrogen and oxygen atoms in total. The molecule has 6 N–H and O–H groups in total. The monoisotopic (exact) mass is 466 g/mol. The van der Waals surface area contributed by atoms with Gasteiger partial charge in [0.25, 0.3) is 0 Å². The van der Waals surface area contributed by atoms with E-state index >= 15 is 0 Å². The Balaban J connectivity index is 0.000000382. The minimum absolute atomic E-state index is 0.438. The van der Waals surface area contributed by atoms with Crippen LogP contribution in [0.3, 0.4) is 0 Å². The first-order valence-electron chi connectivity index (χ1n) is 9.24. The lowest BCUT2D eigenvalue weighted by molar-refractivity contribution is -0.165. The SMILES string of the molecule is CC(C)(O)CN(Cc1ccc(Cl)cc1Cl)[C@H]1CCNC1.O=C(O)[C@H](O)[C@@H](O)C(=O)O. The van der Waals surface area contributed by atoms with E-state index in [4.69, 9.17) is 43.6 Å². The highest BCUT2D eigenvalue weighted by molar-refractivity contribution is 6.35. The molecule has 11 heteroatoms. The van der Waals surface area contributed by atoms with Gasteiger partial charge in [0.15, 0.2) is 12.2 Å². The Morgan fingerprint density at radius 2 is 1.77 bits per heavy atom. The van der Waals surface area contributed by atoms with E-state index in [9.17, 15) is 14.7 Å². The molecule has 1 aromatic carbocycles. The average Bonchev–Trinajstić information content (AvgIpc) is 3.16. The molecule has 3 atom stereocenters. The van der Waals surface area contributed by atoms with Crippen molar-refractivity contribution in [3.63, 3.8) is 0 Å². The summed E-state index contributed by atoms with van der Waals surface area (Å²) in [5, 5.41) is 47.4. The number of benzene rings is 1. The van der Waals surface area contributed by atoms with Crippen molar-refractivity contribution < 1.29 is 35.1 Å². The molecule has 0 aliphatic carbocycles. The van der Waals surface area contributed by atoms with Gasteiger partial charge < -0.3 is 30.8 Å². The van der Waals surface area contributed by atoms with Gasteiger partial charge in [-0.05, 0) is 44.5 Å². The van der Waals surface area contributed by atoms with Gasteiger partial charge in [-0.2, -0.15) is 0 Å². The van der Waals surface area contributed by atoms with Crippen molar-refractivity contribution in [2.24, 2.45) is 0 Å². The normalized spacial score (nSPS) is 18.5. The second-order valence-corrected chi connectivity index (χ2v) is 8.51. The molecule has 30 heavy (non-hydrogen) atoms. The quantitative estimate of drug-likeness (QED) is 0.326. The number of aliphatic hydroxyl groups excluding tert-OH is 2. The third kappa shape index (κ3) is 9.13. The van der Waals surface area contributed by atoms with Gasteiger partial charge in [-0.25, -0.2) is 9.59 Å². The van der Waals surface area contributed by atoms with Crippen LogP contribution in [0.4, 0.5) is 0 Å². The van der Waals surface area contributed by atoms with Crippen LogP contribution >= 0.6 is 23.2 Å². The van der Waals surface area contributed by atoms with Crippen molar-refractivity contribution in [3.05, 3.63) is 33.8 Å². The Bertz CT molecular complexity index is 703. The largest absolute Gasteiger partial charge is 0.479 e. The van der Waals surface area contributed by atoms with Crippen LogP contribution in [0.25, 0.3) is 0 Å². The van der Waals surface area contributed by atoms with Crippen molar-refractivity contribution in [1.82, 2.24) is 10.2 Å². The van der Waals surface area contributed by atoms with Gasteiger partial charge in [0.05, 0.1) is 5.60 Å². The number of aliphatic carboxylic acids is 2. The predicted octanol–water partition coefficient (Wildman–Crippen LogP) is 0.806. The first-order chi connectivity index (χ1) is 13.8. The van der Waals surface area contributed by atoms with Crippen molar-refractivity contribution in [1.29, 1.82) is 0 Å². The van der Waals surface area contributed by atoms with Crippen LogP contribution in [0, 0.1) is 0 Å². The molecule has 0 bridgehead atoms. The molecule has 1 aliphatic rings. The highest BCUT2D eigenvalue weighted by atomic mass is 35.5. The number of carboxylic acid groups (broad SMARTS) is 2. The third-order valence-electron chi connectivity index (χ3n) is 4.33. The summed E-state index contributed by atoms with van der Waals surface area (Å²) in [6, 6.07) is 6.03. The Morgan fingerprint density at radius 1 is 1.20 bits per heavy atom. The van der Waals surface area contributed by atoms with Crippen molar-refractivity contribution >= 4 is 35.1 Å². The van der Waals surface area contributed by atoms with Crippen LogP contribution in [0.2, 0.25) is 10.0 Å². The van der Waals surface area contributed by atoms with Crippen LogP contribution in [-0.4, -0.2) is 85.9 Å². The van der Waals surface area contributed by atoms with Crippen LogP contribution in [0.1, 0.15) is 25.8 Å². The highest BCUT2D eigenvalue weighted by Crippen LogP contribution is 2.24. The number of carboxylic acids is 2. The lowest BCUT2D eigenvalue weighted by Crippen LogP contribution is -2.45. The zero-order chi connectivity index (χ0) is 23.1. The van der Waals surface area contributed by atoms with Crippen molar-refractivity contribution in [3.8, 4) is 0 Å². The predicted molar refractivity (Wildman–Crippen MR) is 112 cm³/mol. The molecule has 170 valence electrons. The molecular weight excluding hydrogens is 439 g/mol. The Labute approximate surface area is 184 Å². The first-order valence-corrected chi connectivity index (χ1v) is 10.00. The van der Waals surface area contributed by atoms with Gasteiger partial charge in [-0.3, -0.25) is 4.90 Å². The number of hydrogen-bond donors (Lipinski definition) is 6. The molecule has 0 unspecified atom stereocenters. The summed E-state index contributed by atoms with van der Waals surface area (Å²) < 4.78 is 0. The summed E-state index contributed by atoms with van der Waals surface area (Å²) in [7, 11) is 0. The average molecular weight is 467 g/mol. The van der Waals surface area contributed by atoms with E-state index in [1.54, 1.807) is 6.07 Å². The molecule has 0 amide bonds. The fraction of sp³-hybridized carbons (Fsp3) is 0.579. The molecule has 1 saturated heterocycles. The first kappa shape index (κ1) is 26.6. The van der Waals surface area contributed by atoms with Crippen molar-refractivity contribution in [2.75, 3.05) is 19.6 Å². The molecule has 0 saturated carbocycles. The van der Waals surface area contributed by atoms with E-state index in [1.165, 1.54) is 0 Å². The topological polar surface area (TPSA) is 151 Å². The fourth-order valence-electron chi connectivity index (χ4n) is 2.90. The molecule has 2 rings (SSSR count). The van der Waals surface area contributed by atoms with Gasteiger partial charge in [0, 0.05) is 35.7 Å². The summed E-state index contributed by atoms with van der Waals surface area (Å²) in [6.07, 6.45) is -3.43. The lowest BCUT2D eigenvalue weighted by atomic mass is 10.1. The molecule has 1 aromatic rings. The number of nitrogens with one attached hydrogen (secondary N) is 1. The Kier molecular flexibility index (Phi) is 10.5. The summed E-state index contributed by atoms with van der Waals surface area (Å²) in [5.41, 5.74) is 0.328. The lowest BCUT2D eigenvalue weighted by Gasteiger charge is -2.33. The van der Waals surface area contributed by atoms with Gasteiger partial charge in [0.1, 0.15) is 0 Å². The number of carbonyl (C=O) groups is 2. The zero-order valence-corrected chi connectivity index (χ0v) is 18.3. The minimum Gasteiger partial charge on any atom is -0.479 e. The van der Waals surface area contributed by atoms with Crippen LogP contribution in [-0.2, 0) is 16.1 Å². The van der Waals surface area contributed by atoms with E-state index in [0.29, 0.717) is 22.6 Å². The van der Waals surface area contributed by atoms with Gasteiger partial charge in [0.2, 0.25) is 0 Å². The molecule has 1 fully saturated rings. The molecule has 0 spiro atoms. The van der Waals surface area contributed by atoms with Crippen LogP contribution < -0.4 is 5.32 Å². The minimum atomic E-state index is -2.27. The molecule has 0 radical (unpaired) electrons. The summed E-state index contributed by atoms with van der Waals surface area (Å²) in [5.74, 6) is -3.54. The highest BCUT2D eigenvalue weighted by Gasteiger charge is 2.29. The zero-order valence-electron chi connectivity index (χ0n) is 16.8. The molecule has 1 aliphatic heterocycles. The smallest absolute Gasteiger partial charge is 0.335 e. The third-order valence-corrected chi connectivity index (χ3v) is 4.92. The Morgan fingerprint density at radius 3 is 2.17 bits per heavy atom. The van der Waals surface area contributed by atoms with Gasteiger partial charge in [-0.1, -0.05) is 29.3 Å². The number of hydrogen-bond acceptors (Lipinski definition) is 7. The van der Waals surface area contributed by atoms with Crippen LogP contribution in [0.5, 0.6) is 0 Å². The standard InChI is InChI=1S/C15H22Cl2N2O.C4H6O6/c1-15(2,20)10-19(13-5-6-18-8-13)9-11-3-4-12(16)7-14(11)17;5-1(3(7)8)2(6)4(9)10/h3-4,7,13,18,20H,5-6,8-10H2,1-2H3;1-2,5-6H,(H,7,8)(H,9,10)/t13-;1-,2-/m01/s1. The number of rotatable bonds is 8. The van der Waals surface area contributed by atoms with E-state index in [1.807, 2.05) is 26.0 Å². The van der Waals surface area contributed by atoms with Gasteiger partial charge >= 0.3 is 11.9 Å². The van der Waals surface area contributed by atoms with E-state index in [2.05, 4.69) is 10.2 Å². The van der Waals surface area contributed by atoms with Gasteiger partial charge in [-0.15, -0.1) is 0 Å². The van der Waals surface area contributed by atoms with E-state index in [0.717, 1.165) is 31.6 Å². The molecule has 1 heterocycles. The van der Waals surface area contributed by atoms with Crippen molar-refractivity contribution in [2.45, 2.75) is 50.7 Å². The summed E-state index contributed by atoms with van der Waals surface area (Å²) in [4.78, 5) is 21.8.